The third kappa shape index (κ3) is 2.07. The van der Waals surface area contributed by atoms with Crippen LogP contribution in [0.3, 0.4) is 0 Å². The molecule has 0 heterocycles. The van der Waals surface area contributed by atoms with E-state index in [1.54, 1.807) is 5.56 Å². The molecule has 1 nitrogen and oxygen atoms in total. The van der Waals surface area contributed by atoms with Crippen molar-refractivity contribution < 1.29 is 0 Å². The minimum absolute atomic E-state index is 0.774. The summed E-state index contributed by atoms with van der Waals surface area (Å²) in [5.41, 5.74) is 4.51. The highest BCUT2D eigenvalue weighted by atomic mass is 15.1. The molecule has 2 atom stereocenters. The second kappa shape index (κ2) is 3.97. The number of hydrogen-bond donors (Lipinski definition) is 0. The van der Waals surface area contributed by atoms with Crippen LogP contribution in [0.15, 0.2) is 18.2 Å². The van der Waals surface area contributed by atoms with Gasteiger partial charge in [0, 0.05) is 12.0 Å². The molecule has 0 bridgehead atoms. The summed E-state index contributed by atoms with van der Waals surface area (Å²) >= 11 is 0. The smallest absolute Gasteiger partial charge is 0.0165 e. The molecule has 1 fully saturated rings. The second-order valence-corrected chi connectivity index (χ2v) is 4.92. The fourth-order valence-corrected chi connectivity index (χ4v) is 2.40. The van der Waals surface area contributed by atoms with Crippen LogP contribution in [0.5, 0.6) is 0 Å². The Morgan fingerprint density at radius 2 is 2.07 bits per heavy atom. The summed E-state index contributed by atoms with van der Waals surface area (Å²) in [4.78, 5) is 2.35. The van der Waals surface area contributed by atoms with E-state index in [0.29, 0.717) is 0 Å². The van der Waals surface area contributed by atoms with Crippen LogP contribution in [0.25, 0.3) is 0 Å². The minimum atomic E-state index is 0.774. The van der Waals surface area contributed by atoms with Gasteiger partial charge in [0.15, 0.2) is 0 Å². The summed E-state index contributed by atoms with van der Waals surface area (Å²) in [6, 6.07) is 7.71. The number of aryl methyl sites for hydroxylation is 2. The molecule has 0 spiro atoms. The van der Waals surface area contributed by atoms with E-state index in [-0.39, 0.29) is 0 Å². The largest absolute Gasteiger partial charge is 0.306 e. The Kier molecular flexibility index (Phi) is 2.83. The predicted octanol–water partition coefficient (Wildman–Crippen LogP) is 2.97. The fraction of sp³-hybridized carbons (Fsp3) is 0.571. The Balaban J connectivity index is 2.22. The average molecular weight is 203 g/mol. The normalized spacial score (nSPS) is 24.6. The first-order valence-electron chi connectivity index (χ1n) is 5.89. The van der Waals surface area contributed by atoms with Crippen LogP contribution in [-0.4, -0.2) is 25.0 Å². The van der Waals surface area contributed by atoms with Crippen molar-refractivity contribution in [2.75, 3.05) is 14.1 Å². The number of nitrogens with zero attached hydrogens (tertiary/aromatic N) is 1. The van der Waals surface area contributed by atoms with Gasteiger partial charge >= 0.3 is 0 Å². The van der Waals surface area contributed by atoms with Crippen molar-refractivity contribution in [1.29, 1.82) is 0 Å². The van der Waals surface area contributed by atoms with Gasteiger partial charge in [-0.25, -0.2) is 0 Å². The van der Waals surface area contributed by atoms with E-state index in [0.717, 1.165) is 18.4 Å². The average Bonchev–Trinajstić information content (AvgIpc) is 2.98. The molecule has 1 heteroatoms. The van der Waals surface area contributed by atoms with Gasteiger partial charge in [0.25, 0.3) is 0 Å². The van der Waals surface area contributed by atoms with Crippen LogP contribution in [0.4, 0.5) is 0 Å². The summed E-state index contributed by atoms with van der Waals surface area (Å²) in [7, 11) is 4.37. The molecule has 2 unspecified atom stereocenters. The molecule has 1 aromatic rings. The van der Waals surface area contributed by atoms with Crippen molar-refractivity contribution in [2.24, 2.45) is 0 Å². The van der Waals surface area contributed by atoms with Gasteiger partial charge in [-0.05, 0) is 50.6 Å². The lowest BCUT2D eigenvalue weighted by atomic mass is 10.00. The Bertz CT molecular complexity index is 354. The molecule has 82 valence electrons. The van der Waals surface area contributed by atoms with E-state index >= 15 is 0 Å². The molecule has 0 radical (unpaired) electrons. The Hall–Kier alpha value is -0.820. The minimum Gasteiger partial charge on any atom is -0.306 e. The summed E-state index contributed by atoms with van der Waals surface area (Å²) in [5, 5.41) is 0. The maximum absolute atomic E-state index is 2.41. The molecule has 1 aromatic carbocycles. The lowest BCUT2D eigenvalue weighted by Gasteiger charge is -2.11. The van der Waals surface area contributed by atoms with Crippen LogP contribution in [0, 0.1) is 6.92 Å². The van der Waals surface area contributed by atoms with E-state index in [2.05, 4.69) is 51.0 Å². The molecule has 1 aliphatic carbocycles. The van der Waals surface area contributed by atoms with Crippen LogP contribution in [0.2, 0.25) is 0 Å². The van der Waals surface area contributed by atoms with Crippen LogP contribution in [0.1, 0.15) is 36.0 Å². The van der Waals surface area contributed by atoms with Crippen molar-refractivity contribution >= 4 is 0 Å². The molecular formula is C14H21N. The Morgan fingerprint density at radius 1 is 1.33 bits per heavy atom. The molecule has 1 saturated carbocycles. The first-order chi connectivity index (χ1) is 7.13. The highest BCUT2D eigenvalue weighted by Gasteiger charge is 2.40. The molecule has 0 aliphatic heterocycles. The Morgan fingerprint density at radius 3 is 2.60 bits per heavy atom. The van der Waals surface area contributed by atoms with Crippen molar-refractivity contribution in [2.45, 2.75) is 38.6 Å². The van der Waals surface area contributed by atoms with Gasteiger partial charge in [0.2, 0.25) is 0 Å². The second-order valence-electron chi connectivity index (χ2n) is 4.92. The SMILES string of the molecule is CCc1ccc(C)c(C2CC2N(C)C)c1. The standard InChI is InChI=1S/C14H21N/c1-5-11-7-6-10(2)12(8-11)13-9-14(13)15(3)4/h6-8,13-14H,5,9H2,1-4H3. The lowest BCUT2D eigenvalue weighted by Crippen LogP contribution is -2.15. The third-order valence-corrected chi connectivity index (χ3v) is 3.57. The van der Waals surface area contributed by atoms with E-state index < -0.39 is 0 Å². The number of hydrogen-bond acceptors (Lipinski definition) is 1. The van der Waals surface area contributed by atoms with Gasteiger partial charge in [0.05, 0.1) is 0 Å². The van der Waals surface area contributed by atoms with E-state index in [1.165, 1.54) is 17.5 Å². The van der Waals surface area contributed by atoms with E-state index in [9.17, 15) is 0 Å². The van der Waals surface area contributed by atoms with Gasteiger partial charge in [-0.15, -0.1) is 0 Å². The molecule has 15 heavy (non-hydrogen) atoms. The summed E-state index contributed by atoms with van der Waals surface area (Å²) < 4.78 is 0. The third-order valence-electron chi connectivity index (χ3n) is 3.57. The van der Waals surface area contributed by atoms with Crippen LogP contribution >= 0.6 is 0 Å². The molecule has 0 N–H and O–H groups in total. The van der Waals surface area contributed by atoms with Crippen LogP contribution < -0.4 is 0 Å². The van der Waals surface area contributed by atoms with Gasteiger partial charge in [-0.3, -0.25) is 0 Å². The first kappa shape index (κ1) is 10.7. The summed E-state index contributed by atoms with van der Waals surface area (Å²) in [6.45, 7) is 4.46. The van der Waals surface area contributed by atoms with E-state index in [1.807, 2.05) is 0 Å². The molecular weight excluding hydrogens is 182 g/mol. The van der Waals surface area contributed by atoms with Gasteiger partial charge in [-0.1, -0.05) is 25.1 Å². The van der Waals surface area contributed by atoms with Gasteiger partial charge in [-0.2, -0.15) is 0 Å². The summed E-state index contributed by atoms with van der Waals surface area (Å²) in [6.07, 6.45) is 2.48. The topological polar surface area (TPSA) is 3.24 Å². The zero-order valence-electron chi connectivity index (χ0n) is 10.2. The zero-order chi connectivity index (χ0) is 11.0. The predicted molar refractivity (Wildman–Crippen MR) is 65.4 cm³/mol. The quantitative estimate of drug-likeness (QED) is 0.730. The first-order valence-corrected chi connectivity index (χ1v) is 5.89. The molecule has 1 aliphatic rings. The highest BCUT2D eigenvalue weighted by molar-refractivity contribution is 5.38. The van der Waals surface area contributed by atoms with Gasteiger partial charge < -0.3 is 4.90 Å². The fourth-order valence-electron chi connectivity index (χ4n) is 2.40. The van der Waals surface area contributed by atoms with Crippen molar-refractivity contribution in [3.8, 4) is 0 Å². The molecule has 0 amide bonds. The monoisotopic (exact) mass is 203 g/mol. The Labute approximate surface area is 93.1 Å². The maximum atomic E-state index is 2.41. The van der Waals surface area contributed by atoms with Crippen molar-refractivity contribution in [3.05, 3.63) is 34.9 Å². The molecule has 0 aromatic heterocycles. The number of rotatable bonds is 3. The molecule has 2 rings (SSSR count). The number of benzene rings is 1. The highest BCUT2D eigenvalue weighted by Crippen LogP contribution is 2.45. The van der Waals surface area contributed by atoms with Gasteiger partial charge in [0.1, 0.15) is 0 Å². The molecule has 0 saturated heterocycles. The van der Waals surface area contributed by atoms with Crippen LogP contribution in [-0.2, 0) is 6.42 Å². The van der Waals surface area contributed by atoms with Crippen molar-refractivity contribution in [1.82, 2.24) is 4.90 Å². The van der Waals surface area contributed by atoms with E-state index in [4.69, 9.17) is 0 Å². The number of likely N-dealkylation sites (N-methyl/N-ethyl adjacent to an activating group) is 1. The maximum Gasteiger partial charge on any atom is 0.0165 e. The van der Waals surface area contributed by atoms with Crippen molar-refractivity contribution in [3.63, 3.8) is 0 Å². The summed E-state index contributed by atoms with van der Waals surface area (Å²) in [5.74, 6) is 0.784. The lowest BCUT2D eigenvalue weighted by molar-refractivity contribution is 0.391. The zero-order valence-corrected chi connectivity index (χ0v) is 10.2.